The number of alkyl halides is 2. The summed E-state index contributed by atoms with van der Waals surface area (Å²) < 4.78 is 43.5. The Bertz CT molecular complexity index is 337. The van der Waals surface area contributed by atoms with Crippen molar-refractivity contribution in [1.29, 1.82) is 0 Å². The van der Waals surface area contributed by atoms with Gasteiger partial charge in [-0.2, -0.15) is 0 Å². The molecular formula is C11H13F3O. The van der Waals surface area contributed by atoms with Crippen LogP contribution in [-0.2, 0) is 0 Å². The minimum Gasteiger partial charge on any atom is -0.491 e. The van der Waals surface area contributed by atoms with Crippen molar-refractivity contribution in [1.82, 2.24) is 0 Å². The van der Waals surface area contributed by atoms with E-state index in [2.05, 4.69) is 0 Å². The van der Waals surface area contributed by atoms with E-state index in [0.29, 0.717) is 13.0 Å². The van der Waals surface area contributed by atoms with Crippen LogP contribution in [0.3, 0.4) is 0 Å². The minimum atomic E-state index is -2.81. The molecular weight excluding hydrogens is 205 g/mol. The van der Waals surface area contributed by atoms with Crippen LogP contribution >= 0.6 is 0 Å². The highest BCUT2D eigenvalue weighted by molar-refractivity contribution is 5.37. The Kier molecular flexibility index (Phi) is 4.00. The zero-order chi connectivity index (χ0) is 11.4. The highest BCUT2D eigenvalue weighted by Gasteiger charge is 2.19. The molecule has 0 aliphatic carbocycles. The molecule has 15 heavy (non-hydrogen) atoms. The Hall–Kier alpha value is -1.19. The number of hydrogen-bond donors (Lipinski definition) is 0. The molecule has 0 fully saturated rings. The fraction of sp³-hybridized carbons (Fsp3) is 0.455. The van der Waals surface area contributed by atoms with Crippen molar-refractivity contribution >= 4 is 0 Å². The first kappa shape index (κ1) is 11.9. The molecule has 0 aliphatic heterocycles. The smallest absolute Gasteiger partial charge is 0.267 e. The lowest BCUT2D eigenvalue weighted by atomic mass is 10.1. The third-order valence-electron chi connectivity index (χ3n) is 2.04. The standard InChI is InChI=1S/C11H13F3O/c1-3-6-15-8-5-4-7(2)9(10(8)12)11(13)14/h4-5,11H,3,6H2,1-2H3. The Labute approximate surface area is 86.9 Å². The van der Waals surface area contributed by atoms with Gasteiger partial charge in [-0.15, -0.1) is 0 Å². The van der Waals surface area contributed by atoms with Crippen LogP contribution in [0.15, 0.2) is 12.1 Å². The molecule has 1 nitrogen and oxygen atoms in total. The molecule has 1 rings (SSSR count). The van der Waals surface area contributed by atoms with Crippen LogP contribution in [0.1, 0.15) is 30.9 Å². The zero-order valence-electron chi connectivity index (χ0n) is 8.69. The lowest BCUT2D eigenvalue weighted by Gasteiger charge is -2.11. The molecule has 0 atom stereocenters. The van der Waals surface area contributed by atoms with E-state index in [-0.39, 0.29) is 11.3 Å². The lowest BCUT2D eigenvalue weighted by Crippen LogP contribution is -2.02. The van der Waals surface area contributed by atoms with Crippen molar-refractivity contribution in [3.05, 3.63) is 29.1 Å². The van der Waals surface area contributed by atoms with Crippen LogP contribution < -0.4 is 4.74 Å². The van der Waals surface area contributed by atoms with Crippen LogP contribution in [0.25, 0.3) is 0 Å². The summed E-state index contributed by atoms with van der Waals surface area (Å²) in [5.41, 5.74) is -0.324. The first-order valence-corrected chi connectivity index (χ1v) is 4.77. The van der Waals surface area contributed by atoms with E-state index in [9.17, 15) is 13.2 Å². The number of benzene rings is 1. The predicted molar refractivity (Wildman–Crippen MR) is 51.9 cm³/mol. The molecule has 0 radical (unpaired) electrons. The molecule has 0 aromatic heterocycles. The van der Waals surface area contributed by atoms with E-state index in [4.69, 9.17) is 4.74 Å². The quantitative estimate of drug-likeness (QED) is 0.745. The number of rotatable bonds is 4. The summed E-state index contributed by atoms with van der Waals surface area (Å²) in [4.78, 5) is 0. The minimum absolute atomic E-state index is 0.0993. The molecule has 84 valence electrons. The Morgan fingerprint density at radius 3 is 2.53 bits per heavy atom. The van der Waals surface area contributed by atoms with Gasteiger partial charge in [0, 0.05) is 0 Å². The van der Waals surface area contributed by atoms with E-state index in [1.54, 1.807) is 0 Å². The Balaban J connectivity index is 3.05. The molecule has 4 heteroatoms. The van der Waals surface area contributed by atoms with Crippen LogP contribution in [0.2, 0.25) is 0 Å². The second-order valence-corrected chi connectivity index (χ2v) is 3.26. The molecule has 0 aliphatic rings. The third kappa shape index (κ3) is 2.64. The average Bonchev–Trinajstić information content (AvgIpc) is 2.16. The van der Waals surface area contributed by atoms with Crippen molar-refractivity contribution in [3.63, 3.8) is 0 Å². The van der Waals surface area contributed by atoms with Crippen molar-refractivity contribution in [2.45, 2.75) is 26.7 Å². The summed E-state index contributed by atoms with van der Waals surface area (Å²) in [7, 11) is 0. The number of halogens is 3. The van der Waals surface area contributed by atoms with Gasteiger partial charge in [-0.25, -0.2) is 13.2 Å². The van der Waals surface area contributed by atoms with Crippen LogP contribution in [-0.4, -0.2) is 6.61 Å². The number of ether oxygens (including phenoxy) is 1. The van der Waals surface area contributed by atoms with Gasteiger partial charge in [0.1, 0.15) is 0 Å². The maximum atomic E-state index is 13.5. The van der Waals surface area contributed by atoms with Crippen LogP contribution in [0.4, 0.5) is 13.2 Å². The van der Waals surface area contributed by atoms with Gasteiger partial charge >= 0.3 is 0 Å². The Morgan fingerprint density at radius 2 is 2.00 bits per heavy atom. The molecule has 1 aromatic carbocycles. The molecule has 0 bridgehead atoms. The molecule has 0 N–H and O–H groups in total. The normalized spacial score (nSPS) is 10.8. The second-order valence-electron chi connectivity index (χ2n) is 3.26. The topological polar surface area (TPSA) is 9.23 Å². The summed E-state index contributed by atoms with van der Waals surface area (Å²) >= 11 is 0. The fourth-order valence-corrected chi connectivity index (χ4v) is 1.26. The molecule has 0 spiro atoms. The summed E-state index contributed by atoms with van der Waals surface area (Å²) in [6, 6.07) is 2.82. The van der Waals surface area contributed by atoms with Gasteiger partial charge < -0.3 is 4.74 Å². The first-order chi connectivity index (χ1) is 7.07. The highest BCUT2D eigenvalue weighted by atomic mass is 19.3. The number of hydrogen-bond acceptors (Lipinski definition) is 1. The summed E-state index contributed by atoms with van der Waals surface area (Å²) in [6.45, 7) is 3.64. The highest BCUT2D eigenvalue weighted by Crippen LogP contribution is 2.31. The Morgan fingerprint density at radius 1 is 1.33 bits per heavy atom. The zero-order valence-corrected chi connectivity index (χ0v) is 8.69. The molecule has 1 aromatic rings. The molecule has 0 amide bonds. The van der Waals surface area contributed by atoms with E-state index >= 15 is 0 Å². The molecule has 0 saturated heterocycles. The van der Waals surface area contributed by atoms with Gasteiger partial charge in [-0.3, -0.25) is 0 Å². The maximum absolute atomic E-state index is 13.5. The third-order valence-corrected chi connectivity index (χ3v) is 2.04. The SMILES string of the molecule is CCCOc1ccc(C)c(C(F)F)c1F. The average molecular weight is 218 g/mol. The van der Waals surface area contributed by atoms with Gasteiger partial charge in [0.15, 0.2) is 11.6 Å². The van der Waals surface area contributed by atoms with E-state index in [1.807, 2.05) is 6.92 Å². The predicted octanol–water partition coefficient (Wildman–Crippen LogP) is 3.86. The van der Waals surface area contributed by atoms with E-state index < -0.39 is 17.8 Å². The van der Waals surface area contributed by atoms with Crippen LogP contribution in [0.5, 0.6) is 5.75 Å². The van der Waals surface area contributed by atoms with E-state index in [1.165, 1.54) is 19.1 Å². The first-order valence-electron chi connectivity index (χ1n) is 4.77. The van der Waals surface area contributed by atoms with Gasteiger partial charge in [0.2, 0.25) is 0 Å². The second kappa shape index (κ2) is 5.05. The van der Waals surface area contributed by atoms with Gasteiger partial charge in [-0.05, 0) is 25.0 Å². The maximum Gasteiger partial charge on any atom is 0.267 e. The number of aryl methyl sites for hydroxylation is 1. The van der Waals surface area contributed by atoms with Crippen LogP contribution in [0, 0.1) is 12.7 Å². The van der Waals surface area contributed by atoms with Crippen molar-refractivity contribution in [2.24, 2.45) is 0 Å². The summed E-state index contributed by atoms with van der Waals surface area (Å²) in [6.07, 6.45) is -2.10. The van der Waals surface area contributed by atoms with Gasteiger partial charge in [0.25, 0.3) is 6.43 Å². The molecule has 0 saturated carbocycles. The van der Waals surface area contributed by atoms with Crippen molar-refractivity contribution < 1.29 is 17.9 Å². The van der Waals surface area contributed by atoms with Crippen molar-refractivity contribution in [2.75, 3.05) is 6.61 Å². The van der Waals surface area contributed by atoms with Crippen molar-refractivity contribution in [3.8, 4) is 5.75 Å². The molecule has 0 unspecified atom stereocenters. The van der Waals surface area contributed by atoms with Gasteiger partial charge in [0.05, 0.1) is 12.2 Å². The fourth-order valence-electron chi connectivity index (χ4n) is 1.26. The monoisotopic (exact) mass is 218 g/mol. The van der Waals surface area contributed by atoms with E-state index in [0.717, 1.165) is 0 Å². The summed E-state index contributed by atoms with van der Waals surface area (Å²) in [5, 5.41) is 0. The largest absolute Gasteiger partial charge is 0.491 e. The summed E-state index contributed by atoms with van der Waals surface area (Å²) in [5.74, 6) is -1.05. The van der Waals surface area contributed by atoms with Gasteiger partial charge in [-0.1, -0.05) is 13.0 Å². The lowest BCUT2D eigenvalue weighted by molar-refractivity contribution is 0.144. The molecule has 0 heterocycles.